The van der Waals surface area contributed by atoms with Crippen molar-refractivity contribution in [1.29, 1.82) is 0 Å². The van der Waals surface area contributed by atoms with Gasteiger partial charge in [-0.3, -0.25) is 19.2 Å². The minimum Gasteiger partial charge on any atom is -0.461 e. The highest BCUT2D eigenvalue weighted by Crippen LogP contribution is 2.66. The van der Waals surface area contributed by atoms with Gasteiger partial charge in [0.05, 0.1) is 11.0 Å². The van der Waals surface area contributed by atoms with E-state index in [0.717, 1.165) is 5.56 Å². The molecule has 0 aromatic heterocycles. The molecule has 0 amide bonds. The third-order valence-electron chi connectivity index (χ3n) is 10.1. The van der Waals surface area contributed by atoms with Crippen molar-refractivity contribution in [3.05, 3.63) is 65.3 Å². The fourth-order valence-electron chi connectivity index (χ4n) is 8.20. The molecular weight excluding hydrogens is 620 g/mol. The number of carbonyl (C=O) groups is 5. The van der Waals surface area contributed by atoms with Crippen molar-refractivity contribution < 1.29 is 52.8 Å². The molecule has 260 valence electrons. The largest absolute Gasteiger partial charge is 0.461 e. The molecule has 2 fully saturated rings. The average molecular weight is 667 g/mol. The van der Waals surface area contributed by atoms with Gasteiger partial charge in [0.1, 0.15) is 24.4 Å². The van der Waals surface area contributed by atoms with Crippen LogP contribution < -0.4 is 0 Å². The number of hydrogen-bond donors (Lipinski definition) is 1. The molecule has 8 atom stereocenters. The van der Waals surface area contributed by atoms with Crippen LogP contribution in [0.5, 0.6) is 0 Å². The number of esters is 5. The van der Waals surface area contributed by atoms with Gasteiger partial charge in [0, 0.05) is 51.5 Å². The van der Waals surface area contributed by atoms with Crippen molar-refractivity contribution in [3.8, 4) is 0 Å². The molecule has 3 aliphatic rings. The molecular formula is C37H46O11. The lowest BCUT2D eigenvalue weighted by molar-refractivity contribution is -0.192. The Kier molecular flexibility index (Phi) is 10.4. The number of benzene rings is 1. The maximum Gasteiger partial charge on any atom is 0.331 e. The van der Waals surface area contributed by atoms with Crippen molar-refractivity contribution in [2.24, 2.45) is 16.7 Å². The van der Waals surface area contributed by atoms with Crippen molar-refractivity contribution in [1.82, 2.24) is 0 Å². The summed E-state index contributed by atoms with van der Waals surface area (Å²) in [5, 5.41) is 12.2. The molecule has 3 aliphatic carbocycles. The molecule has 1 N–H and O–H groups in total. The first-order valence-electron chi connectivity index (χ1n) is 16.1. The van der Waals surface area contributed by atoms with Crippen molar-refractivity contribution in [2.75, 3.05) is 0 Å². The molecule has 0 bridgehead atoms. The Labute approximate surface area is 281 Å². The maximum absolute atomic E-state index is 13.1. The van der Waals surface area contributed by atoms with Crippen molar-refractivity contribution in [3.63, 3.8) is 0 Å². The first-order valence-corrected chi connectivity index (χ1v) is 16.1. The van der Waals surface area contributed by atoms with Crippen LogP contribution in [0.25, 0.3) is 6.08 Å². The van der Waals surface area contributed by atoms with Crippen LogP contribution >= 0.6 is 0 Å². The zero-order valence-corrected chi connectivity index (χ0v) is 28.9. The molecule has 0 aliphatic heterocycles. The SMILES string of the molecule is C=C1[C@H](OC(=O)/C=C\c2ccccc2)CC[C@@]2(C)[C@@H](OC(C)=O)[C@H](OC(C)=O)C3=C(C)[C@@H](OC(C)=O)C[C@@]3(C(C)(C)O)[C@H](OC(C)=O)[C@H]12. The van der Waals surface area contributed by atoms with Gasteiger partial charge in [0.2, 0.25) is 0 Å². The van der Waals surface area contributed by atoms with Gasteiger partial charge < -0.3 is 28.8 Å². The molecule has 0 spiro atoms. The van der Waals surface area contributed by atoms with Gasteiger partial charge in [-0.1, -0.05) is 43.8 Å². The molecule has 0 radical (unpaired) electrons. The number of aliphatic hydroxyl groups is 1. The quantitative estimate of drug-likeness (QED) is 0.176. The second kappa shape index (κ2) is 13.7. The Bertz CT molecular complexity index is 1530. The molecule has 1 aromatic rings. The van der Waals surface area contributed by atoms with Gasteiger partial charge in [-0.15, -0.1) is 0 Å². The van der Waals surface area contributed by atoms with Crippen molar-refractivity contribution in [2.45, 2.75) is 111 Å². The Balaban J connectivity index is 1.96. The highest BCUT2D eigenvalue weighted by molar-refractivity contribution is 5.87. The lowest BCUT2D eigenvalue weighted by Crippen LogP contribution is -2.60. The highest BCUT2D eigenvalue weighted by atomic mass is 16.6. The molecule has 48 heavy (non-hydrogen) atoms. The summed E-state index contributed by atoms with van der Waals surface area (Å²) < 4.78 is 30.0. The summed E-state index contributed by atoms with van der Waals surface area (Å²) in [6.45, 7) is 15.9. The summed E-state index contributed by atoms with van der Waals surface area (Å²) >= 11 is 0. The van der Waals surface area contributed by atoms with E-state index in [2.05, 4.69) is 6.58 Å². The second-order valence-electron chi connectivity index (χ2n) is 13.8. The van der Waals surface area contributed by atoms with Crippen LogP contribution in [0.3, 0.4) is 0 Å². The van der Waals surface area contributed by atoms with Gasteiger partial charge in [0.15, 0.2) is 6.10 Å². The standard InChI is InChI=1S/C37H46O11/c1-20-27(48-29(42)16-15-26-13-11-10-12-14-26)17-18-36(9)31(20)33(46-24(5)40)37(35(7,8)43)19-28(44-22(3)38)21(2)30(37)32(45-23(4)39)34(36)47-25(6)41/h10-16,27-28,31-34,43H,1,17-19H2,2-9H3/b16-15-/t27-,28+,31+,32-,33-,34+,36-,37+/m1/s1. The lowest BCUT2D eigenvalue weighted by atomic mass is 9.55. The van der Waals surface area contributed by atoms with E-state index in [1.165, 1.54) is 33.8 Å². The predicted octanol–water partition coefficient (Wildman–Crippen LogP) is 4.80. The Morgan fingerprint density at radius 1 is 0.854 bits per heavy atom. The van der Waals surface area contributed by atoms with Crippen LogP contribution in [0, 0.1) is 16.7 Å². The van der Waals surface area contributed by atoms with E-state index >= 15 is 0 Å². The third kappa shape index (κ3) is 6.83. The monoisotopic (exact) mass is 666 g/mol. The molecule has 11 nitrogen and oxygen atoms in total. The van der Waals surface area contributed by atoms with Crippen LogP contribution in [0.2, 0.25) is 0 Å². The molecule has 1 aromatic carbocycles. The number of rotatable bonds is 8. The Hall–Kier alpha value is -4.25. The number of carbonyl (C=O) groups excluding carboxylic acids is 5. The van der Waals surface area contributed by atoms with E-state index in [9.17, 15) is 29.1 Å². The average Bonchev–Trinajstić information content (AvgIpc) is 3.23. The van der Waals surface area contributed by atoms with Crippen LogP contribution in [-0.2, 0) is 47.7 Å². The van der Waals surface area contributed by atoms with E-state index in [1.807, 2.05) is 37.3 Å². The summed E-state index contributed by atoms with van der Waals surface area (Å²) in [6.07, 6.45) is -2.01. The predicted molar refractivity (Wildman–Crippen MR) is 174 cm³/mol. The van der Waals surface area contributed by atoms with E-state index in [0.29, 0.717) is 16.7 Å². The fraction of sp³-hybridized carbons (Fsp3) is 0.541. The smallest absolute Gasteiger partial charge is 0.331 e. The topological polar surface area (TPSA) is 152 Å². The molecule has 2 saturated carbocycles. The molecule has 0 heterocycles. The van der Waals surface area contributed by atoms with Crippen LogP contribution in [0.4, 0.5) is 0 Å². The summed E-state index contributed by atoms with van der Waals surface area (Å²) in [4.78, 5) is 64.0. The molecule has 0 unspecified atom stereocenters. The number of ether oxygens (including phenoxy) is 5. The molecule has 0 saturated heterocycles. The van der Waals surface area contributed by atoms with Gasteiger partial charge in [-0.2, -0.15) is 0 Å². The zero-order valence-electron chi connectivity index (χ0n) is 28.9. The number of fused-ring (bicyclic) bond motifs is 2. The molecule has 11 heteroatoms. The summed E-state index contributed by atoms with van der Waals surface area (Å²) in [5.41, 5.74) is -2.44. The second-order valence-corrected chi connectivity index (χ2v) is 13.8. The Morgan fingerprint density at radius 2 is 1.42 bits per heavy atom. The first-order chi connectivity index (χ1) is 22.3. The van der Waals surface area contributed by atoms with Crippen LogP contribution in [0.15, 0.2) is 59.7 Å². The number of hydrogen-bond acceptors (Lipinski definition) is 11. The van der Waals surface area contributed by atoms with Crippen LogP contribution in [-0.4, -0.2) is 71.1 Å². The summed E-state index contributed by atoms with van der Waals surface area (Å²) in [7, 11) is 0. The maximum atomic E-state index is 13.1. The first kappa shape index (κ1) is 36.6. The summed E-state index contributed by atoms with van der Waals surface area (Å²) in [5.74, 6) is -4.14. The van der Waals surface area contributed by atoms with E-state index in [-0.39, 0.29) is 19.3 Å². The minimum atomic E-state index is -1.72. The normalized spacial score (nSPS) is 31.6. The van der Waals surface area contributed by atoms with Gasteiger partial charge in [-0.05, 0) is 62.0 Å². The van der Waals surface area contributed by atoms with E-state index in [4.69, 9.17) is 23.7 Å². The van der Waals surface area contributed by atoms with E-state index in [1.54, 1.807) is 26.8 Å². The highest BCUT2D eigenvalue weighted by Gasteiger charge is 2.72. The van der Waals surface area contributed by atoms with Crippen molar-refractivity contribution >= 4 is 35.9 Å². The third-order valence-corrected chi connectivity index (χ3v) is 10.1. The zero-order chi connectivity index (χ0) is 35.8. The van der Waals surface area contributed by atoms with Gasteiger partial charge >= 0.3 is 29.8 Å². The van der Waals surface area contributed by atoms with Crippen LogP contribution in [0.1, 0.15) is 80.2 Å². The Morgan fingerprint density at radius 3 is 1.96 bits per heavy atom. The minimum absolute atomic E-state index is 0.0517. The molecule has 4 rings (SSSR count). The van der Waals surface area contributed by atoms with Gasteiger partial charge in [0.25, 0.3) is 0 Å². The summed E-state index contributed by atoms with van der Waals surface area (Å²) in [6, 6.07) is 9.23. The van der Waals surface area contributed by atoms with Gasteiger partial charge in [-0.25, -0.2) is 4.79 Å². The lowest BCUT2D eigenvalue weighted by Gasteiger charge is -2.54. The van der Waals surface area contributed by atoms with E-state index < -0.39 is 82.7 Å². The fourth-order valence-corrected chi connectivity index (χ4v) is 8.20.